The zero-order valence-electron chi connectivity index (χ0n) is 11.8. The molecule has 4 rings (SSSR count). The summed E-state index contributed by atoms with van der Waals surface area (Å²) < 4.78 is 1.09. The van der Waals surface area contributed by atoms with E-state index in [1.807, 2.05) is 0 Å². The lowest BCUT2D eigenvalue weighted by atomic mass is 10.1. The van der Waals surface area contributed by atoms with Crippen LogP contribution in [0.2, 0.25) is 0 Å². The fraction of sp³-hybridized carbons (Fsp3) is 0.438. The summed E-state index contributed by atoms with van der Waals surface area (Å²) in [6.45, 7) is 4.75. The predicted molar refractivity (Wildman–Crippen MR) is 94.3 cm³/mol. The molecule has 0 atom stereocenters. The molecule has 0 radical (unpaired) electrons. The average Bonchev–Trinajstić information content (AvgIpc) is 2.46. The summed E-state index contributed by atoms with van der Waals surface area (Å²) in [6, 6.07) is 11.3. The van der Waals surface area contributed by atoms with Crippen molar-refractivity contribution < 1.29 is 0 Å². The van der Waals surface area contributed by atoms with Crippen molar-refractivity contribution in [3.05, 3.63) is 34.8 Å². The Hall–Kier alpha value is -0.780. The number of rotatable bonds is 2. The van der Waals surface area contributed by atoms with Crippen LogP contribution in [0.15, 0.2) is 34.8 Å². The highest BCUT2D eigenvalue weighted by Gasteiger charge is 2.33. The third-order valence-electron chi connectivity index (χ3n) is 4.39. The number of aromatic nitrogens is 1. The largest absolute Gasteiger partial charge is 0.353 e. The molecule has 2 aromatic rings. The standard InChI is InChI=1S/C16H18BrN3S/c17-13-3-1-12-2-4-16(18-15(12)9-13)20-10-14(11-20)19-5-7-21-8-6-19/h1-4,9,14H,5-8,10-11H2. The van der Waals surface area contributed by atoms with E-state index < -0.39 is 0 Å². The Morgan fingerprint density at radius 1 is 1.10 bits per heavy atom. The van der Waals surface area contributed by atoms with Gasteiger partial charge in [0.25, 0.3) is 0 Å². The van der Waals surface area contributed by atoms with Gasteiger partial charge in [-0.25, -0.2) is 4.98 Å². The van der Waals surface area contributed by atoms with E-state index in [0.29, 0.717) is 0 Å². The number of pyridine rings is 1. The molecule has 0 saturated carbocycles. The molecule has 1 aromatic carbocycles. The summed E-state index contributed by atoms with van der Waals surface area (Å²) in [5.74, 6) is 3.69. The van der Waals surface area contributed by atoms with Crippen molar-refractivity contribution in [1.29, 1.82) is 0 Å². The van der Waals surface area contributed by atoms with E-state index in [1.165, 1.54) is 30.0 Å². The SMILES string of the molecule is Brc1ccc2ccc(N3CC(N4CCSCC4)C3)nc2c1. The summed E-state index contributed by atoms with van der Waals surface area (Å²) in [7, 11) is 0. The molecule has 0 spiro atoms. The fourth-order valence-corrected chi connectivity index (χ4v) is 4.35. The van der Waals surface area contributed by atoms with Crippen molar-refractivity contribution in [3.8, 4) is 0 Å². The molecule has 0 amide bonds. The number of hydrogen-bond acceptors (Lipinski definition) is 4. The Morgan fingerprint density at radius 2 is 1.86 bits per heavy atom. The van der Waals surface area contributed by atoms with Gasteiger partial charge in [0.2, 0.25) is 0 Å². The summed E-state index contributed by atoms with van der Waals surface area (Å²) in [6.07, 6.45) is 0. The number of hydrogen-bond donors (Lipinski definition) is 0. The van der Waals surface area contributed by atoms with Crippen LogP contribution in [0.1, 0.15) is 0 Å². The third kappa shape index (κ3) is 2.79. The Kier molecular flexibility index (Phi) is 3.81. The van der Waals surface area contributed by atoms with Crippen molar-refractivity contribution >= 4 is 44.4 Å². The highest BCUT2D eigenvalue weighted by Crippen LogP contribution is 2.27. The number of fused-ring (bicyclic) bond motifs is 1. The molecule has 110 valence electrons. The normalized spacial score (nSPS) is 20.7. The van der Waals surface area contributed by atoms with Crippen LogP contribution in [-0.4, -0.2) is 53.6 Å². The average molecular weight is 364 g/mol. The molecule has 1 aromatic heterocycles. The third-order valence-corrected chi connectivity index (χ3v) is 5.82. The maximum Gasteiger partial charge on any atom is 0.129 e. The number of benzene rings is 1. The number of nitrogens with zero attached hydrogens (tertiary/aromatic N) is 3. The minimum Gasteiger partial charge on any atom is -0.353 e. The van der Waals surface area contributed by atoms with Crippen molar-refractivity contribution in [2.24, 2.45) is 0 Å². The molecular weight excluding hydrogens is 346 g/mol. The zero-order chi connectivity index (χ0) is 14.2. The second kappa shape index (κ2) is 5.78. The lowest BCUT2D eigenvalue weighted by Crippen LogP contribution is -2.61. The van der Waals surface area contributed by atoms with Crippen LogP contribution in [0, 0.1) is 0 Å². The molecule has 3 nitrogen and oxygen atoms in total. The highest BCUT2D eigenvalue weighted by atomic mass is 79.9. The lowest BCUT2D eigenvalue weighted by Gasteiger charge is -2.47. The second-order valence-electron chi connectivity index (χ2n) is 5.71. The quantitative estimate of drug-likeness (QED) is 0.815. The first-order valence-electron chi connectivity index (χ1n) is 7.43. The smallest absolute Gasteiger partial charge is 0.129 e. The first-order valence-corrected chi connectivity index (χ1v) is 9.37. The van der Waals surface area contributed by atoms with Crippen molar-refractivity contribution in [2.75, 3.05) is 42.6 Å². The van der Waals surface area contributed by atoms with E-state index >= 15 is 0 Å². The first-order chi connectivity index (χ1) is 10.3. The van der Waals surface area contributed by atoms with Gasteiger partial charge in [-0.3, -0.25) is 4.90 Å². The van der Waals surface area contributed by atoms with Gasteiger partial charge in [-0.15, -0.1) is 0 Å². The minimum absolute atomic E-state index is 0.728. The van der Waals surface area contributed by atoms with Crippen LogP contribution in [0.5, 0.6) is 0 Å². The molecule has 21 heavy (non-hydrogen) atoms. The molecule has 2 saturated heterocycles. The maximum atomic E-state index is 4.81. The Bertz CT molecular complexity index is 651. The molecule has 0 N–H and O–H groups in total. The minimum atomic E-state index is 0.728. The maximum absolute atomic E-state index is 4.81. The summed E-state index contributed by atoms with van der Waals surface area (Å²) in [5.41, 5.74) is 1.07. The van der Waals surface area contributed by atoms with Gasteiger partial charge in [0, 0.05) is 53.6 Å². The number of thioether (sulfide) groups is 1. The first kappa shape index (κ1) is 13.9. The molecule has 3 heterocycles. The van der Waals surface area contributed by atoms with E-state index in [2.05, 4.69) is 67.8 Å². The predicted octanol–water partition coefficient (Wildman–Crippen LogP) is 3.23. The number of halogens is 1. The molecular formula is C16H18BrN3S. The van der Waals surface area contributed by atoms with Crippen LogP contribution < -0.4 is 4.90 Å². The van der Waals surface area contributed by atoms with E-state index in [1.54, 1.807) is 0 Å². The molecule has 0 bridgehead atoms. The van der Waals surface area contributed by atoms with Gasteiger partial charge in [-0.2, -0.15) is 11.8 Å². The van der Waals surface area contributed by atoms with Crippen LogP contribution in [0.25, 0.3) is 10.9 Å². The van der Waals surface area contributed by atoms with Crippen LogP contribution in [-0.2, 0) is 0 Å². The van der Waals surface area contributed by atoms with Gasteiger partial charge in [0.15, 0.2) is 0 Å². The zero-order valence-corrected chi connectivity index (χ0v) is 14.2. The molecule has 0 aliphatic carbocycles. The van der Waals surface area contributed by atoms with Crippen molar-refractivity contribution in [2.45, 2.75) is 6.04 Å². The summed E-state index contributed by atoms with van der Waals surface area (Å²) >= 11 is 5.60. The van der Waals surface area contributed by atoms with Gasteiger partial charge in [-0.05, 0) is 24.3 Å². The van der Waals surface area contributed by atoms with E-state index in [-0.39, 0.29) is 0 Å². The van der Waals surface area contributed by atoms with E-state index in [0.717, 1.165) is 34.9 Å². The fourth-order valence-electron chi connectivity index (χ4n) is 3.07. The molecule has 2 aliphatic rings. The monoisotopic (exact) mass is 363 g/mol. The Balaban J connectivity index is 1.48. The summed E-state index contributed by atoms with van der Waals surface area (Å²) in [5, 5.41) is 1.20. The Labute approximate surface area is 137 Å². The van der Waals surface area contributed by atoms with Crippen LogP contribution in [0.4, 0.5) is 5.82 Å². The van der Waals surface area contributed by atoms with Crippen molar-refractivity contribution in [3.63, 3.8) is 0 Å². The number of anilines is 1. The highest BCUT2D eigenvalue weighted by molar-refractivity contribution is 9.10. The molecule has 5 heteroatoms. The second-order valence-corrected chi connectivity index (χ2v) is 7.85. The molecule has 0 unspecified atom stereocenters. The van der Waals surface area contributed by atoms with Crippen molar-refractivity contribution in [1.82, 2.24) is 9.88 Å². The topological polar surface area (TPSA) is 19.4 Å². The molecule has 2 aliphatic heterocycles. The van der Waals surface area contributed by atoms with E-state index in [4.69, 9.17) is 4.98 Å². The van der Waals surface area contributed by atoms with Crippen LogP contribution >= 0.6 is 27.7 Å². The summed E-state index contributed by atoms with van der Waals surface area (Å²) in [4.78, 5) is 9.85. The van der Waals surface area contributed by atoms with Crippen LogP contribution in [0.3, 0.4) is 0 Å². The molecule has 2 fully saturated rings. The van der Waals surface area contributed by atoms with Gasteiger partial charge in [0.1, 0.15) is 5.82 Å². The van der Waals surface area contributed by atoms with Gasteiger partial charge >= 0.3 is 0 Å². The Morgan fingerprint density at radius 3 is 2.67 bits per heavy atom. The van der Waals surface area contributed by atoms with Gasteiger partial charge in [0.05, 0.1) is 5.52 Å². The van der Waals surface area contributed by atoms with Gasteiger partial charge < -0.3 is 4.90 Å². The van der Waals surface area contributed by atoms with E-state index in [9.17, 15) is 0 Å². The lowest BCUT2D eigenvalue weighted by molar-refractivity contribution is 0.182. The van der Waals surface area contributed by atoms with Gasteiger partial charge in [-0.1, -0.05) is 22.0 Å².